The van der Waals surface area contributed by atoms with E-state index in [-0.39, 0.29) is 41.7 Å². The van der Waals surface area contributed by atoms with E-state index in [9.17, 15) is 4.79 Å². The zero-order valence-corrected chi connectivity index (χ0v) is 19.0. The number of hydrogen-bond donors (Lipinski definition) is 1. The molecule has 0 bridgehead atoms. The molecule has 0 spiro atoms. The molecule has 8 heteroatoms. The van der Waals surface area contributed by atoms with Crippen molar-refractivity contribution in [3.05, 3.63) is 17.0 Å². The average molecular weight is 477 g/mol. The first-order valence-corrected chi connectivity index (χ1v) is 9.02. The van der Waals surface area contributed by atoms with Gasteiger partial charge in [0.2, 0.25) is 5.91 Å². The Balaban J connectivity index is 0.00000338. The molecule has 2 rings (SSSR count). The predicted molar refractivity (Wildman–Crippen MR) is 114 cm³/mol. The molecule has 1 amide bonds. The van der Waals surface area contributed by atoms with E-state index in [2.05, 4.69) is 27.3 Å². The van der Waals surface area contributed by atoms with Crippen molar-refractivity contribution in [3.8, 4) is 0 Å². The van der Waals surface area contributed by atoms with Crippen LogP contribution >= 0.6 is 24.0 Å². The summed E-state index contributed by atoms with van der Waals surface area (Å²) in [5, 5.41) is 7.48. The summed E-state index contributed by atoms with van der Waals surface area (Å²) in [5.41, 5.74) is 2.11. The fraction of sp³-hybridized carbons (Fsp3) is 0.722. The molecule has 0 radical (unpaired) electrons. The highest BCUT2D eigenvalue weighted by atomic mass is 127. The third-order valence-corrected chi connectivity index (χ3v) is 4.74. The van der Waals surface area contributed by atoms with Crippen LogP contribution in [0.5, 0.6) is 0 Å². The van der Waals surface area contributed by atoms with Crippen LogP contribution in [0.25, 0.3) is 0 Å². The number of nitrogens with one attached hydrogen (secondary N) is 1. The molecule has 1 N–H and O–H groups in total. The molecular weight excluding hydrogens is 445 g/mol. The van der Waals surface area contributed by atoms with Crippen LogP contribution in [0.4, 0.5) is 0 Å². The molecule has 1 unspecified atom stereocenters. The number of aryl methyl sites for hydroxylation is 2. The van der Waals surface area contributed by atoms with Crippen molar-refractivity contribution in [2.45, 2.75) is 40.5 Å². The van der Waals surface area contributed by atoms with Gasteiger partial charge in [-0.1, -0.05) is 25.9 Å². The molecule has 1 aromatic heterocycles. The number of aromatic nitrogens is 1. The highest BCUT2D eigenvalue weighted by molar-refractivity contribution is 14.0. The maximum atomic E-state index is 12.1. The third-order valence-electron chi connectivity index (χ3n) is 4.74. The molecule has 2 heterocycles. The third kappa shape index (κ3) is 5.34. The Morgan fingerprint density at radius 3 is 2.23 bits per heavy atom. The number of piperazine rings is 1. The SMILES string of the molecule is CN=C(NCC(C)c1c(C)noc1C)N1CCN(C(=O)C(C)C)CC1.I. The quantitative estimate of drug-likeness (QED) is 0.410. The van der Waals surface area contributed by atoms with Crippen LogP contribution < -0.4 is 5.32 Å². The Bertz CT molecular complexity index is 602. The van der Waals surface area contributed by atoms with E-state index in [4.69, 9.17) is 4.52 Å². The predicted octanol–water partition coefficient (Wildman–Crippen LogP) is 2.39. The monoisotopic (exact) mass is 477 g/mol. The smallest absolute Gasteiger partial charge is 0.225 e. The maximum Gasteiger partial charge on any atom is 0.225 e. The van der Waals surface area contributed by atoms with Crippen molar-refractivity contribution in [2.24, 2.45) is 10.9 Å². The Kier molecular flexibility index (Phi) is 8.85. The summed E-state index contributed by atoms with van der Waals surface area (Å²) in [4.78, 5) is 20.7. The number of guanidine groups is 1. The Hall–Kier alpha value is -1.32. The lowest BCUT2D eigenvalue weighted by molar-refractivity contribution is -0.135. The first kappa shape index (κ1) is 22.7. The zero-order chi connectivity index (χ0) is 18.6. The minimum absolute atomic E-state index is 0. The van der Waals surface area contributed by atoms with Crippen LogP contribution in [0.3, 0.4) is 0 Å². The summed E-state index contributed by atoms with van der Waals surface area (Å²) in [6, 6.07) is 0. The van der Waals surface area contributed by atoms with Crippen molar-refractivity contribution >= 4 is 35.8 Å². The van der Waals surface area contributed by atoms with Gasteiger partial charge in [0.25, 0.3) is 0 Å². The van der Waals surface area contributed by atoms with Crippen LogP contribution in [-0.2, 0) is 4.79 Å². The average Bonchev–Trinajstić information content (AvgIpc) is 2.93. The van der Waals surface area contributed by atoms with Crippen LogP contribution in [0, 0.1) is 19.8 Å². The molecule has 26 heavy (non-hydrogen) atoms. The number of rotatable bonds is 4. The first-order chi connectivity index (χ1) is 11.8. The van der Waals surface area contributed by atoms with Crippen LogP contribution in [0.15, 0.2) is 9.52 Å². The lowest BCUT2D eigenvalue weighted by Gasteiger charge is -2.37. The molecule has 1 fully saturated rings. The maximum absolute atomic E-state index is 12.1. The second-order valence-electron chi connectivity index (χ2n) is 7.03. The van der Waals surface area contributed by atoms with Gasteiger partial charge in [-0.3, -0.25) is 9.79 Å². The Morgan fingerprint density at radius 1 is 1.19 bits per heavy atom. The lowest BCUT2D eigenvalue weighted by atomic mass is 10.00. The standard InChI is InChI=1S/C18H31N5O2.HI/c1-12(2)17(24)22-7-9-23(10-8-22)18(19-6)20-11-13(3)16-14(4)21-25-15(16)5;/h12-13H,7-11H2,1-6H3,(H,19,20);1H. The molecule has 0 aromatic carbocycles. The molecule has 1 aliphatic rings. The summed E-state index contributed by atoms with van der Waals surface area (Å²) >= 11 is 0. The summed E-state index contributed by atoms with van der Waals surface area (Å²) < 4.78 is 5.26. The van der Waals surface area contributed by atoms with Gasteiger partial charge in [0, 0.05) is 57.2 Å². The highest BCUT2D eigenvalue weighted by Crippen LogP contribution is 2.22. The molecule has 1 saturated heterocycles. The van der Waals surface area contributed by atoms with E-state index in [0.29, 0.717) is 0 Å². The Morgan fingerprint density at radius 2 is 1.77 bits per heavy atom. The van der Waals surface area contributed by atoms with E-state index >= 15 is 0 Å². The molecule has 7 nitrogen and oxygen atoms in total. The van der Waals surface area contributed by atoms with E-state index in [1.807, 2.05) is 32.6 Å². The van der Waals surface area contributed by atoms with Crippen molar-refractivity contribution in [1.82, 2.24) is 20.3 Å². The van der Waals surface area contributed by atoms with Crippen molar-refractivity contribution in [1.29, 1.82) is 0 Å². The van der Waals surface area contributed by atoms with Gasteiger partial charge < -0.3 is 19.6 Å². The van der Waals surface area contributed by atoms with Crippen molar-refractivity contribution < 1.29 is 9.32 Å². The fourth-order valence-electron chi connectivity index (χ4n) is 3.38. The molecule has 1 aromatic rings. The summed E-state index contributed by atoms with van der Waals surface area (Å²) in [7, 11) is 1.80. The lowest BCUT2D eigenvalue weighted by Crippen LogP contribution is -2.54. The highest BCUT2D eigenvalue weighted by Gasteiger charge is 2.25. The Labute approximate surface area is 173 Å². The van der Waals surface area contributed by atoms with Crippen LogP contribution in [0.1, 0.15) is 43.7 Å². The summed E-state index contributed by atoms with van der Waals surface area (Å²) in [6.07, 6.45) is 0. The molecule has 0 saturated carbocycles. The number of nitrogens with zero attached hydrogens (tertiary/aromatic N) is 4. The number of carbonyl (C=O) groups is 1. The minimum atomic E-state index is 0. The van der Waals surface area contributed by atoms with Gasteiger partial charge in [-0.05, 0) is 13.8 Å². The number of halogens is 1. The molecule has 1 atom stereocenters. The van der Waals surface area contributed by atoms with Gasteiger partial charge in [0.15, 0.2) is 5.96 Å². The van der Waals surface area contributed by atoms with E-state index in [1.54, 1.807) is 7.05 Å². The van der Waals surface area contributed by atoms with Crippen molar-refractivity contribution in [3.63, 3.8) is 0 Å². The van der Waals surface area contributed by atoms with Crippen LogP contribution in [-0.4, -0.2) is 66.6 Å². The van der Waals surface area contributed by atoms with Gasteiger partial charge in [-0.15, -0.1) is 24.0 Å². The van der Waals surface area contributed by atoms with Gasteiger partial charge >= 0.3 is 0 Å². The second kappa shape index (κ2) is 10.1. The number of amides is 1. The zero-order valence-electron chi connectivity index (χ0n) is 16.7. The summed E-state index contributed by atoms with van der Waals surface area (Å²) in [6.45, 7) is 13.8. The van der Waals surface area contributed by atoms with Gasteiger partial charge in [0.1, 0.15) is 5.76 Å². The topological polar surface area (TPSA) is 74.0 Å². The minimum Gasteiger partial charge on any atom is -0.361 e. The number of aliphatic imine (C=N–C) groups is 1. The fourth-order valence-corrected chi connectivity index (χ4v) is 3.38. The second-order valence-corrected chi connectivity index (χ2v) is 7.03. The normalized spacial score (nSPS) is 16.5. The van der Waals surface area contributed by atoms with E-state index in [0.717, 1.165) is 55.7 Å². The van der Waals surface area contributed by atoms with Crippen molar-refractivity contribution in [2.75, 3.05) is 39.8 Å². The first-order valence-electron chi connectivity index (χ1n) is 9.02. The molecule has 0 aliphatic carbocycles. The van der Waals surface area contributed by atoms with Crippen LogP contribution in [0.2, 0.25) is 0 Å². The molecule has 1 aliphatic heterocycles. The molecule has 148 valence electrons. The number of carbonyl (C=O) groups excluding carboxylic acids is 1. The summed E-state index contributed by atoms with van der Waals surface area (Å²) in [5.74, 6) is 2.33. The van der Waals surface area contributed by atoms with Gasteiger partial charge in [-0.25, -0.2) is 0 Å². The molecular formula is C18H32IN5O2. The van der Waals surface area contributed by atoms with E-state index < -0.39 is 0 Å². The van der Waals surface area contributed by atoms with Gasteiger partial charge in [0.05, 0.1) is 5.69 Å². The number of hydrogen-bond acceptors (Lipinski definition) is 4. The largest absolute Gasteiger partial charge is 0.361 e. The van der Waals surface area contributed by atoms with E-state index in [1.165, 1.54) is 0 Å². The van der Waals surface area contributed by atoms with Gasteiger partial charge in [-0.2, -0.15) is 0 Å².